The summed E-state index contributed by atoms with van der Waals surface area (Å²) in [6, 6.07) is 3.28. The van der Waals surface area contributed by atoms with Gasteiger partial charge in [0.2, 0.25) is 0 Å². The summed E-state index contributed by atoms with van der Waals surface area (Å²) in [4.78, 5) is 0. The maximum Gasteiger partial charge on any atom is 0.391 e. The van der Waals surface area contributed by atoms with Crippen molar-refractivity contribution in [2.45, 2.75) is 37.9 Å². The summed E-state index contributed by atoms with van der Waals surface area (Å²) >= 11 is 0. The second-order valence-electron chi connectivity index (χ2n) is 4.86. The Morgan fingerprint density at radius 3 is 2.11 bits per heavy atom. The molecule has 0 heterocycles. The molecular weight excluding hydrogens is 265 g/mol. The highest BCUT2D eigenvalue weighted by Crippen LogP contribution is 2.38. The molecule has 0 aliphatic heterocycles. The highest BCUT2D eigenvalue weighted by Gasteiger charge is 2.41. The van der Waals surface area contributed by atoms with E-state index in [9.17, 15) is 22.0 Å². The molecule has 1 nitrogen and oxygen atoms in total. The third-order valence-corrected chi connectivity index (χ3v) is 3.48. The van der Waals surface area contributed by atoms with Gasteiger partial charge in [0.15, 0.2) is 11.6 Å². The average Bonchev–Trinajstić information content (AvgIpc) is 2.33. The van der Waals surface area contributed by atoms with Crippen LogP contribution in [0.3, 0.4) is 0 Å². The molecular formula is C13H14F5N. The number of benzene rings is 1. The predicted octanol–water partition coefficient (Wildman–Crippen LogP) is 4.50. The first-order valence-electron chi connectivity index (χ1n) is 6.14. The van der Waals surface area contributed by atoms with Gasteiger partial charge in [0, 0.05) is 17.8 Å². The number of alkyl halides is 3. The molecule has 0 radical (unpaired) electrons. The molecule has 0 saturated heterocycles. The fourth-order valence-corrected chi connectivity index (χ4v) is 2.39. The largest absolute Gasteiger partial charge is 0.391 e. The minimum Gasteiger partial charge on any atom is -0.382 e. The molecule has 1 saturated carbocycles. The van der Waals surface area contributed by atoms with E-state index in [0.717, 1.165) is 12.1 Å². The molecule has 106 valence electrons. The molecule has 6 heteroatoms. The summed E-state index contributed by atoms with van der Waals surface area (Å²) in [5.74, 6) is -3.14. The topological polar surface area (TPSA) is 12.0 Å². The molecule has 0 spiro atoms. The fourth-order valence-electron chi connectivity index (χ4n) is 2.39. The summed E-state index contributed by atoms with van der Waals surface area (Å²) in [6.45, 7) is 0. The van der Waals surface area contributed by atoms with E-state index >= 15 is 0 Å². The lowest BCUT2D eigenvalue weighted by Gasteiger charge is -2.30. The van der Waals surface area contributed by atoms with Crippen molar-refractivity contribution in [1.29, 1.82) is 0 Å². The third-order valence-electron chi connectivity index (χ3n) is 3.48. The first-order chi connectivity index (χ1) is 8.86. The molecule has 0 unspecified atom stereocenters. The van der Waals surface area contributed by atoms with E-state index in [1.807, 2.05) is 0 Å². The standard InChI is InChI=1S/C13H14F5N/c14-11-6-5-10(7-12(11)15)19-9-3-1-8(2-4-9)13(16,17)18/h5-9,19H,1-4H2. The summed E-state index contributed by atoms with van der Waals surface area (Å²) in [5.41, 5.74) is 0.398. The summed E-state index contributed by atoms with van der Waals surface area (Å²) in [6.07, 6.45) is -3.23. The molecule has 2 rings (SSSR count). The Labute approximate surface area is 107 Å². The Bertz CT molecular complexity index is 435. The Hall–Kier alpha value is -1.33. The molecule has 1 aliphatic rings. The van der Waals surface area contributed by atoms with Crippen LogP contribution in [0, 0.1) is 17.6 Å². The smallest absolute Gasteiger partial charge is 0.382 e. The molecule has 1 aromatic rings. The van der Waals surface area contributed by atoms with E-state index in [-0.39, 0.29) is 18.9 Å². The molecule has 1 N–H and O–H groups in total. The number of hydrogen-bond acceptors (Lipinski definition) is 1. The normalized spacial score (nSPS) is 24.3. The van der Waals surface area contributed by atoms with Crippen molar-refractivity contribution >= 4 is 5.69 Å². The average molecular weight is 279 g/mol. The first-order valence-corrected chi connectivity index (χ1v) is 6.14. The lowest BCUT2D eigenvalue weighted by Crippen LogP contribution is -2.32. The highest BCUT2D eigenvalue weighted by atomic mass is 19.4. The van der Waals surface area contributed by atoms with Crippen molar-refractivity contribution in [1.82, 2.24) is 0 Å². The van der Waals surface area contributed by atoms with Crippen LogP contribution >= 0.6 is 0 Å². The quantitative estimate of drug-likeness (QED) is 0.786. The van der Waals surface area contributed by atoms with Gasteiger partial charge in [-0.2, -0.15) is 13.2 Å². The Balaban J connectivity index is 1.90. The van der Waals surface area contributed by atoms with Crippen LogP contribution in [0.5, 0.6) is 0 Å². The zero-order valence-electron chi connectivity index (χ0n) is 10.1. The highest BCUT2D eigenvalue weighted by molar-refractivity contribution is 5.44. The Kier molecular flexibility index (Phi) is 3.96. The second kappa shape index (κ2) is 5.35. The zero-order chi connectivity index (χ0) is 14.0. The molecule has 0 bridgehead atoms. The number of hydrogen-bond donors (Lipinski definition) is 1. The Morgan fingerprint density at radius 1 is 0.947 bits per heavy atom. The second-order valence-corrected chi connectivity index (χ2v) is 4.86. The van der Waals surface area contributed by atoms with E-state index in [1.165, 1.54) is 6.07 Å². The van der Waals surface area contributed by atoms with Gasteiger partial charge in [0.1, 0.15) is 0 Å². The van der Waals surface area contributed by atoms with Crippen molar-refractivity contribution in [3.8, 4) is 0 Å². The van der Waals surface area contributed by atoms with E-state index in [1.54, 1.807) is 0 Å². The summed E-state index contributed by atoms with van der Waals surface area (Å²) in [7, 11) is 0. The van der Waals surface area contributed by atoms with Gasteiger partial charge in [0.05, 0.1) is 5.92 Å². The number of rotatable bonds is 2. The van der Waals surface area contributed by atoms with Crippen molar-refractivity contribution in [3.63, 3.8) is 0 Å². The van der Waals surface area contributed by atoms with Gasteiger partial charge >= 0.3 is 6.18 Å². The minimum absolute atomic E-state index is 0.0742. The predicted molar refractivity (Wildman–Crippen MR) is 61.8 cm³/mol. The number of halogens is 5. The van der Waals surface area contributed by atoms with Crippen LogP contribution in [0.4, 0.5) is 27.6 Å². The fraction of sp³-hybridized carbons (Fsp3) is 0.538. The summed E-state index contributed by atoms with van der Waals surface area (Å²) < 4.78 is 63.2. The van der Waals surface area contributed by atoms with Crippen LogP contribution in [0.2, 0.25) is 0 Å². The lowest BCUT2D eigenvalue weighted by atomic mass is 9.85. The van der Waals surface area contributed by atoms with Crippen LogP contribution in [0.1, 0.15) is 25.7 Å². The molecule has 1 aliphatic carbocycles. The van der Waals surface area contributed by atoms with Gasteiger partial charge in [-0.15, -0.1) is 0 Å². The minimum atomic E-state index is -4.13. The van der Waals surface area contributed by atoms with Crippen LogP contribution < -0.4 is 5.32 Å². The van der Waals surface area contributed by atoms with Gasteiger partial charge in [-0.25, -0.2) is 8.78 Å². The van der Waals surface area contributed by atoms with E-state index < -0.39 is 23.7 Å². The zero-order valence-corrected chi connectivity index (χ0v) is 10.1. The molecule has 0 atom stereocenters. The number of nitrogens with one attached hydrogen (secondary N) is 1. The van der Waals surface area contributed by atoms with Crippen LogP contribution in [0.25, 0.3) is 0 Å². The van der Waals surface area contributed by atoms with Crippen LogP contribution in [-0.2, 0) is 0 Å². The van der Waals surface area contributed by atoms with E-state index in [4.69, 9.17) is 0 Å². The monoisotopic (exact) mass is 279 g/mol. The van der Waals surface area contributed by atoms with Gasteiger partial charge in [-0.05, 0) is 37.8 Å². The Morgan fingerprint density at radius 2 is 1.58 bits per heavy atom. The molecule has 19 heavy (non-hydrogen) atoms. The van der Waals surface area contributed by atoms with Crippen molar-refractivity contribution in [2.75, 3.05) is 5.32 Å². The van der Waals surface area contributed by atoms with Crippen molar-refractivity contribution < 1.29 is 22.0 Å². The van der Waals surface area contributed by atoms with Gasteiger partial charge in [0.25, 0.3) is 0 Å². The molecule has 0 aromatic heterocycles. The van der Waals surface area contributed by atoms with Gasteiger partial charge in [-0.1, -0.05) is 0 Å². The molecule has 1 fully saturated rings. The van der Waals surface area contributed by atoms with E-state index in [0.29, 0.717) is 18.5 Å². The maximum absolute atomic E-state index is 13.0. The van der Waals surface area contributed by atoms with Crippen molar-refractivity contribution in [2.24, 2.45) is 5.92 Å². The SMILES string of the molecule is Fc1ccc(NC2CCC(C(F)(F)F)CC2)cc1F. The number of anilines is 1. The van der Waals surface area contributed by atoms with Crippen LogP contribution in [-0.4, -0.2) is 12.2 Å². The van der Waals surface area contributed by atoms with Gasteiger partial charge in [-0.3, -0.25) is 0 Å². The lowest BCUT2D eigenvalue weighted by molar-refractivity contribution is -0.182. The summed E-state index contributed by atoms with van der Waals surface area (Å²) in [5, 5.41) is 2.95. The van der Waals surface area contributed by atoms with Gasteiger partial charge < -0.3 is 5.32 Å². The van der Waals surface area contributed by atoms with Crippen molar-refractivity contribution in [3.05, 3.63) is 29.8 Å². The van der Waals surface area contributed by atoms with Crippen LogP contribution in [0.15, 0.2) is 18.2 Å². The molecule has 0 amide bonds. The maximum atomic E-state index is 13.0. The first kappa shape index (κ1) is 14.1. The van der Waals surface area contributed by atoms with E-state index in [2.05, 4.69) is 5.32 Å². The molecule has 1 aromatic carbocycles. The third kappa shape index (κ3) is 3.58.